The van der Waals surface area contributed by atoms with E-state index in [4.69, 9.17) is 27.2 Å². The highest BCUT2D eigenvalue weighted by molar-refractivity contribution is 7.86. The summed E-state index contributed by atoms with van der Waals surface area (Å²) in [6, 6.07) is 9.74. The van der Waals surface area contributed by atoms with Crippen LogP contribution in [0.5, 0.6) is 0 Å². The lowest BCUT2D eigenvalue weighted by molar-refractivity contribution is -0.678. The average Bonchev–Trinajstić information content (AvgIpc) is 3.29. The molecule has 1 fully saturated rings. The standard InChI is InChI=1S/C22H31N2O4S.CHF3O3S/c1-21(2,3)28-20(25)24-17(15-27-22(24,4)5)18(19-23(6)12-13-29-19)26-14-16-10-8-7-9-11-16;2-1(3,4)8(5,6)7/h7-13,17-18H,14-15H2,1-6H3;(H,5,6,7)/q+1;/p-1/t17-,18+;/m1./s1. The molecule has 208 valence electrons. The van der Waals surface area contributed by atoms with Crippen LogP contribution in [0.25, 0.3) is 0 Å². The molecule has 2 heterocycles. The largest absolute Gasteiger partial charge is 0.741 e. The maximum absolute atomic E-state index is 13.1. The zero-order valence-electron chi connectivity index (χ0n) is 21.3. The molecule has 1 aliphatic rings. The minimum Gasteiger partial charge on any atom is -0.741 e. The summed E-state index contributed by atoms with van der Waals surface area (Å²) in [6.07, 6.45) is 1.27. The Kier molecular flexibility index (Phi) is 9.74. The van der Waals surface area contributed by atoms with Crippen LogP contribution in [0.3, 0.4) is 0 Å². The Bertz CT molecular complexity index is 1150. The topological polar surface area (TPSA) is 109 Å². The van der Waals surface area contributed by atoms with Crippen molar-refractivity contribution in [1.82, 2.24) is 4.90 Å². The number of hydrogen-bond acceptors (Lipinski definition) is 8. The van der Waals surface area contributed by atoms with Gasteiger partial charge in [-0.15, -0.1) is 0 Å². The number of thiazole rings is 1. The Morgan fingerprint density at radius 2 is 1.84 bits per heavy atom. The Hall–Kier alpha value is -2.26. The SMILES string of the molecule is C[n+]1ccsc1[C@@H](OCc1ccccc1)[C@H]1COC(C)(C)N1C(=O)OC(C)(C)C.O=S(=O)([O-])C(F)(F)F. The van der Waals surface area contributed by atoms with Gasteiger partial charge in [-0.1, -0.05) is 41.7 Å². The van der Waals surface area contributed by atoms with Crippen molar-refractivity contribution >= 4 is 27.5 Å². The van der Waals surface area contributed by atoms with Gasteiger partial charge in [-0.2, -0.15) is 17.7 Å². The summed E-state index contributed by atoms with van der Waals surface area (Å²) in [5.41, 5.74) is -5.93. The van der Waals surface area contributed by atoms with E-state index in [1.165, 1.54) is 0 Å². The molecular weight excluding hydrogens is 537 g/mol. The van der Waals surface area contributed by atoms with Gasteiger partial charge in [0.05, 0.1) is 24.6 Å². The number of halogens is 3. The highest BCUT2D eigenvalue weighted by atomic mass is 32.2. The Balaban J connectivity index is 0.000000521. The van der Waals surface area contributed by atoms with E-state index >= 15 is 0 Å². The van der Waals surface area contributed by atoms with Crippen LogP contribution in [0.15, 0.2) is 41.9 Å². The number of aryl methyl sites for hydroxylation is 1. The third-order valence-corrected chi connectivity index (χ3v) is 6.67. The van der Waals surface area contributed by atoms with E-state index in [-0.39, 0.29) is 12.1 Å². The summed E-state index contributed by atoms with van der Waals surface area (Å²) >= 11 is 1.61. The highest BCUT2D eigenvalue weighted by Gasteiger charge is 2.51. The summed E-state index contributed by atoms with van der Waals surface area (Å²) in [4.78, 5) is 14.8. The number of ether oxygens (including phenoxy) is 3. The summed E-state index contributed by atoms with van der Waals surface area (Å²) in [5, 5.41) is 3.05. The van der Waals surface area contributed by atoms with Gasteiger partial charge in [0.1, 0.15) is 18.4 Å². The molecule has 0 bridgehead atoms. The van der Waals surface area contributed by atoms with Gasteiger partial charge in [0.25, 0.3) is 5.01 Å². The number of rotatable bonds is 5. The lowest BCUT2D eigenvalue weighted by Gasteiger charge is -2.36. The molecule has 0 unspecified atom stereocenters. The number of hydrogen-bond donors (Lipinski definition) is 0. The van der Waals surface area contributed by atoms with Crippen LogP contribution in [0, 0.1) is 0 Å². The fraction of sp³-hybridized carbons (Fsp3) is 0.565. The first-order chi connectivity index (χ1) is 16.8. The molecule has 0 aliphatic carbocycles. The molecule has 1 amide bonds. The molecule has 1 saturated heterocycles. The van der Waals surface area contributed by atoms with Crippen molar-refractivity contribution in [2.24, 2.45) is 7.05 Å². The van der Waals surface area contributed by atoms with Crippen molar-refractivity contribution in [3.05, 3.63) is 52.5 Å². The normalized spacial score (nSPS) is 18.6. The summed E-state index contributed by atoms with van der Waals surface area (Å²) in [6.45, 7) is 10.2. The van der Waals surface area contributed by atoms with Gasteiger partial charge in [-0.25, -0.2) is 13.2 Å². The first-order valence-corrected chi connectivity index (χ1v) is 13.4. The van der Waals surface area contributed by atoms with Crippen LogP contribution in [-0.4, -0.2) is 53.4 Å². The molecule has 1 aliphatic heterocycles. The van der Waals surface area contributed by atoms with Gasteiger partial charge >= 0.3 is 11.6 Å². The summed E-state index contributed by atoms with van der Waals surface area (Å²) in [7, 11) is -4.10. The van der Waals surface area contributed by atoms with Gasteiger partial charge < -0.3 is 18.8 Å². The number of carbonyl (C=O) groups excluding carboxylic acids is 1. The monoisotopic (exact) mass is 568 g/mol. The van der Waals surface area contributed by atoms with Crippen LogP contribution in [-0.2, 0) is 38.0 Å². The number of benzene rings is 1. The van der Waals surface area contributed by atoms with E-state index in [9.17, 15) is 18.0 Å². The quantitative estimate of drug-likeness (QED) is 0.301. The molecular formula is C23H31F3N2O7S2. The lowest BCUT2D eigenvalue weighted by atomic mass is 10.1. The first-order valence-electron chi connectivity index (χ1n) is 11.1. The van der Waals surface area contributed by atoms with Crippen LogP contribution < -0.4 is 4.57 Å². The van der Waals surface area contributed by atoms with Crippen LogP contribution >= 0.6 is 11.3 Å². The molecule has 3 rings (SSSR count). The number of alkyl halides is 3. The number of nitrogens with zero attached hydrogens (tertiary/aromatic N) is 2. The van der Waals surface area contributed by atoms with E-state index in [0.717, 1.165) is 10.6 Å². The Morgan fingerprint density at radius 3 is 2.30 bits per heavy atom. The third-order valence-electron chi connectivity index (χ3n) is 5.08. The maximum Gasteiger partial charge on any atom is 0.485 e. The molecule has 0 saturated carbocycles. The number of carbonyl (C=O) groups is 1. The van der Waals surface area contributed by atoms with E-state index in [2.05, 4.69) is 0 Å². The lowest BCUT2D eigenvalue weighted by Crippen LogP contribution is -2.52. The predicted octanol–water partition coefficient (Wildman–Crippen LogP) is 4.25. The molecule has 0 spiro atoms. The molecule has 14 heteroatoms. The second-order valence-corrected chi connectivity index (χ2v) is 11.9. The van der Waals surface area contributed by atoms with Crippen LogP contribution in [0.4, 0.5) is 18.0 Å². The second-order valence-electron chi connectivity index (χ2n) is 9.64. The number of amides is 1. The molecule has 2 aromatic rings. The van der Waals surface area contributed by atoms with E-state index in [0.29, 0.717) is 13.2 Å². The second kappa shape index (κ2) is 11.6. The highest BCUT2D eigenvalue weighted by Crippen LogP contribution is 2.38. The maximum atomic E-state index is 13.1. The first kappa shape index (κ1) is 31.0. The van der Waals surface area contributed by atoms with Crippen molar-refractivity contribution in [3.63, 3.8) is 0 Å². The van der Waals surface area contributed by atoms with Crippen LogP contribution in [0.2, 0.25) is 0 Å². The number of aromatic nitrogens is 1. The predicted molar refractivity (Wildman–Crippen MR) is 127 cm³/mol. The van der Waals surface area contributed by atoms with Crippen molar-refractivity contribution in [1.29, 1.82) is 0 Å². The fourth-order valence-electron chi connectivity index (χ4n) is 3.44. The molecule has 0 N–H and O–H groups in total. The third kappa shape index (κ3) is 8.64. The Labute approximate surface area is 218 Å². The molecule has 2 atom stereocenters. The van der Waals surface area contributed by atoms with E-state index in [1.807, 2.05) is 88.1 Å². The van der Waals surface area contributed by atoms with Gasteiger partial charge in [0, 0.05) is 0 Å². The van der Waals surface area contributed by atoms with Gasteiger partial charge in [0.2, 0.25) is 0 Å². The van der Waals surface area contributed by atoms with Gasteiger partial charge in [-0.3, -0.25) is 4.90 Å². The zero-order chi connectivity index (χ0) is 28.2. The van der Waals surface area contributed by atoms with Gasteiger partial charge in [0.15, 0.2) is 22.4 Å². The van der Waals surface area contributed by atoms with Crippen molar-refractivity contribution in [3.8, 4) is 0 Å². The fourth-order valence-corrected chi connectivity index (χ4v) is 4.41. The molecule has 1 aromatic heterocycles. The molecule has 9 nitrogen and oxygen atoms in total. The van der Waals surface area contributed by atoms with Crippen LogP contribution in [0.1, 0.15) is 51.3 Å². The summed E-state index contributed by atoms with van der Waals surface area (Å²) in [5.74, 6) is 0. The van der Waals surface area contributed by atoms with E-state index < -0.39 is 33.0 Å². The minimum atomic E-state index is -6.09. The average molecular weight is 569 g/mol. The van der Waals surface area contributed by atoms with Crippen molar-refractivity contribution in [2.45, 2.75) is 70.2 Å². The van der Waals surface area contributed by atoms with Crippen molar-refractivity contribution < 1.29 is 49.7 Å². The zero-order valence-corrected chi connectivity index (χ0v) is 22.9. The van der Waals surface area contributed by atoms with Gasteiger partial charge in [-0.05, 0) is 40.2 Å². The molecule has 37 heavy (non-hydrogen) atoms. The summed E-state index contributed by atoms with van der Waals surface area (Å²) < 4.78 is 79.1. The Morgan fingerprint density at radius 1 is 1.27 bits per heavy atom. The minimum absolute atomic E-state index is 0.298. The molecule has 0 radical (unpaired) electrons. The smallest absolute Gasteiger partial charge is 0.485 e. The van der Waals surface area contributed by atoms with E-state index in [1.54, 1.807) is 16.2 Å². The molecule has 1 aromatic carbocycles. The van der Waals surface area contributed by atoms with Crippen molar-refractivity contribution in [2.75, 3.05) is 6.61 Å².